The molecule has 1 N–H and O–H groups in total. The van der Waals surface area contributed by atoms with E-state index < -0.39 is 5.97 Å². The Bertz CT molecular complexity index is 405. The molecule has 0 bridgehead atoms. The molecule has 2 rings (SSSR count). The molecule has 18 heavy (non-hydrogen) atoms. The number of rotatable bonds is 5. The van der Waals surface area contributed by atoms with E-state index >= 15 is 0 Å². The van der Waals surface area contributed by atoms with E-state index in [9.17, 15) is 4.79 Å². The van der Waals surface area contributed by atoms with Crippen molar-refractivity contribution in [3.63, 3.8) is 0 Å². The third-order valence-electron chi connectivity index (χ3n) is 3.71. The predicted molar refractivity (Wildman–Crippen MR) is 68.3 cm³/mol. The fourth-order valence-corrected chi connectivity index (χ4v) is 2.58. The number of carbonyl (C=O) groups is 1. The minimum atomic E-state index is -0.427. The summed E-state index contributed by atoms with van der Waals surface area (Å²) in [6, 6.07) is 3.47. The molecule has 0 unspecified atom stereocenters. The SMILES string of the molecule is COC(=O)c1ccc(CNCC2(C)CCCC2)o1. The summed E-state index contributed by atoms with van der Waals surface area (Å²) < 4.78 is 10.00. The summed E-state index contributed by atoms with van der Waals surface area (Å²) in [5.41, 5.74) is 0.428. The molecular formula is C14H21NO3. The second-order valence-corrected chi connectivity index (χ2v) is 5.38. The summed E-state index contributed by atoms with van der Waals surface area (Å²) >= 11 is 0. The van der Waals surface area contributed by atoms with Crippen molar-refractivity contribution in [2.45, 2.75) is 39.2 Å². The first-order valence-corrected chi connectivity index (χ1v) is 6.51. The molecule has 1 aromatic heterocycles. The highest BCUT2D eigenvalue weighted by Gasteiger charge is 2.27. The summed E-state index contributed by atoms with van der Waals surface area (Å²) in [4.78, 5) is 11.2. The predicted octanol–water partition coefficient (Wildman–Crippen LogP) is 2.74. The molecule has 0 amide bonds. The second-order valence-electron chi connectivity index (χ2n) is 5.38. The smallest absolute Gasteiger partial charge is 0.373 e. The number of carbonyl (C=O) groups excluding carboxylic acids is 1. The lowest BCUT2D eigenvalue weighted by atomic mass is 9.89. The van der Waals surface area contributed by atoms with Crippen LogP contribution in [0.4, 0.5) is 0 Å². The first kappa shape index (κ1) is 13.1. The molecule has 100 valence electrons. The van der Waals surface area contributed by atoms with Gasteiger partial charge in [0.2, 0.25) is 5.76 Å². The lowest BCUT2D eigenvalue weighted by molar-refractivity contribution is 0.0562. The van der Waals surface area contributed by atoms with Gasteiger partial charge in [0.25, 0.3) is 0 Å². The Morgan fingerprint density at radius 3 is 2.83 bits per heavy atom. The van der Waals surface area contributed by atoms with Crippen LogP contribution in [0.3, 0.4) is 0 Å². The maximum Gasteiger partial charge on any atom is 0.373 e. The van der Waals surface area contributed by atoms with E-state index in [0.717, 1.165) is 12.3 Å². The third-order valence-corrected chi connectivity index (χ3v) is 3.71. The standard InChI is InChI=1S/C14H21NO3/c1-14(7-3-4-8-14)10-15-9-11-5-6-12(18-11)13(16)17-2/h5-6,15H,3-4,7-10H2,1-2H3. The molecule has 0 saturated heterocycles. The van der Waals surface area contributed by atoms with Crippen molar-refractivity contribution < 1.29 is 13.9 Å². The van der Waals surface area contributed by atoms with Gasteiger partial charge < -0.3 is 14.5 Å². The van der Waals surface area contributed by atoms with Gasteiger partial charge in [0.15, 0.2) is 0 Å². The molecule has 4 heteroatoms. The van der Waals surface area contributed by atoms with Crippen LogP contribution < -0.4 is 5.32 Å². The summed E-state index contributed by atoms with van der Waals surface area (Å²) in [6.45, 7) is 3.99. The van der Waals surface area contributed by atoms with Gasteiger partial charge in [-0.15, -0.1) is 0 Å². The Kier molecular flexibility index (Phi) is 4.07. The van der Waals surface area contributed by atoms with E-state index in [-0.39, 0.29) is 5.76 Å². The first-order valence-electron chi connectivity index (χ1n) is 6.51. The van der Waals surface area contributed by atoms with Gasteiger partial charge in [0, 0.05) is 6.54 Å². The Balaban J connectivity index is 1.80. The first-order chi connectivity index (χ1) is 8.63. The van der Waals surface area contributed by atoms with Crippen molar-refractivity contribution in [1.29, 1.82) is 0 Å². The molecule has 1 aromatic rings. The number of hydrogen-bond acceptors (Lipinski definition) is 4. The number of ether oxygens (including phenoxy) is 1. The maximum absolute atomic E-state index is 11.2. The summed E-state index contributed by atoms with van der Waals surface area (Å²) in [7, 11) is 1.35. The number of methoxy groups -OCH3 is 1. The molecule has 1 fully saturated rings. The Labute approximate surface area is 108 Å². The summed E-state index contributed by atoms with van der Waals surface area (Å²) in [6.07, 6.45) is 5.27. The van der Waals surface area contributed by atoms with Gasteiger partial charge in [-0.05, 0) is 30.4 Å². The highest BCUT2D eigenvalue weighted by atomic mass is 16.5. The van der Waals surface area contributed by atoms with Crippen molar-refractivity contribution in [3.8, 4) is 0 Å². The van der Waals surface area contributed by atoms with Crippen LogP contribution in [0.25, 0.3) is 0 Å². The second kappa shape index (κ2) is 5.57. The highest BCUT2D eigenvalue weighted by molar-refractivity contribution is 5.86. The molecule has 0 radical (unpaired) electrons. The van der Waals surface area contributed by atoms with Gasteiger partial charge in [0.1, 0.15) is 5.76 Å². The van der Waals surface area contributed by atoms with Crippen LogP contribution in [-0.4, -0.2) is 19.6 Å². The quantitative estimate of drug-likeness (QED) is 0.817. The topological polar surface area (TPSA) is 51.5 Å². The molecule has 1 heterocycles. The molecule has 4 nitrogen and oxygen atoms in total. The van der Waals surface area contributed by atoms with E-state index in [1.807, 2.05) is 6.07 Å². The molecule has 0 aliphatic heterocycles. The minimum absolute atomic E-state index is 0.265. The van der Waals surface area contributed by atoms with Crippen molar-refractivity contribution in [2.75, 3.05) is 13.7 Å². The zero-order valence-corrected chi connectivity index (χ0v) is 11.1. The number of hydrogen-bond donors (Lipinski definition) is 1. The lowest BCUT2D eigenvalue weighted by Gasteiger charge is -2.23. The van der Waals surface area contributed by atoms with E-state index in [4.69, 9.17) is 4.42 Å². The number of esters is 1. The Hall–Kier alpha value is -1.29. The van der Waals surface area contributed by atoms with Crippen molar-refractivity contribution in [1.82, 2.24) is 5.32 Å². The van der Waals surface area contributed by atoms with E-state index in [1.54, 1.807) is 6.07 Å². The maximum atomic E-state index is 11.2. The third kappa shape index (κ3) is 3.13. The van der Waals surface area contributed by atoms with E-state index in [0.29, 0.717) is 12.0 Å². The van der Waals surface area contributed by atoms with Crippen molar-refractivity contribution >= 4 is 5.97 Å². The number of nitrogens with one attached hydrogen (secondary N) is 1. The van der Waals surface area contributed by atoms with Crippen molar-refractivity contribution in [3.05, 3.63) is 23.7 Å². The van der Waals surface area contributed by atoms with E-state index in [2.05, 4.69) is 17.0 Å². The average molecular weight is 251 g/mol. The van der Waals surface area contributed by atoms with Gasteiger partial charge in [-0.1, -0.05) is 19.8 Å². The number of furan rings is 1. The van der Waals surface area contributed by atoms with Crippen LogP contribution in [0.1, 0.15) is 48.9 Å². The van der Waals surface area contributed by atoms with Crippen LogP contribution >= 0.6 is 0 Å². The molecule has 0 aromatic carbocycles. The highest BCUT2D eigenvalue weighted by Crippen LogP contribution is 2.36. The van der Waals surface area contributed by atoms with Gasteiger partial charge in [-0.3, -0.25) is 0 Å². The summed E-state index contributed by atoms with van der Waals surface area (Å²) in [5.74, 6) is 0.613. The van der Waals surface area contributed by atoms with E-state index in [1.165, 1.54) is 32.8 Å². The van der Waals surface area contributed by atoms with Crippen LogP contribution in [0.2, 0.25) is 0 Å². The molecule has 1 aliphatic carbocycles. The van der Waals surface area contributed by atoms with Gasteiger partial charge >= 0.3 is 5.97 Å². The molecule has 0 spiro atoms. The zero-order valence-electron chi connectivity index (χ0n) is 11.1. The van der Waals surface area contributed by atoms with Gasteiger partial charge in [-0.2, -0.15) is 0 Å². The fourth-order valence-electron chi connectivity index (χ4n) is 2.58. The normalized spacial score (nSPS) is 17.9. The monoisotopic (exact) mass is 251 g/mol. The van der Waals surface area contributed by atoms with Gasteiger partial charge in [-0.25, -0.2) is 4.79 Å². The molecular weight excluding hydrogens is 230 g/mol. The zero-order chi connectivity index (χ0) is 13.0. The molecule has 0 atom stereocenters. The van der Waals surface area contributed by atoms with Crippen LogP contribution in [0.5, 0.6) is 0 Å². The lowest BCUT2D eigenvalue weighted by Crippen LogP contribution is -2.28. The molecule has 1 aliphatic rings. The Morgan fingerprint density at radius 2 is 2.17 bits per heavy atom. The minimum Gasteiger partial charge on any atom is -0.463 e. The average Bonchev–Trinajstić information content (AvgIpc) is 2.98. The van der Waals surface area contributed by atoms with Crippen LogP contribution in [0, 0.1) is 5.41 Å². The largest absolute Gasteiger partial charge is 0.463 e. The van der Waals surface area contributed by atoms with Crippen LogP contribution in [-0.2, 0) is 11.3 Å². The van der Waals surface area contributed by atoms with Crippen molar-refractivity contribution in [2.24, 2.45) is 5.41 Å². The van der Waals surface area contributed by atoms with Crippen LogP contribution in [0.15, 0.2) is 16.5 Å². The summed E-state index contributed by atoms with van der Waals surface area (Å²) in [5, 5.41) is 3.41. The fraction of sp³-hybridized carbons (Fsp3) is 0.643. The molecule has 1 saturated carbocycles. The van der Waals surface area contributed by atoms with Gasteiger partial charge in [0.05, 0.1) is 13.7 Å². The Morgan fingerprint density at radius 1 is 1.44 bits per heavy atom.